The van der Waals surface area contributed by atoms with Crippen molar-refractivity contribution in [3.05, 3.63) is 77.1 Å². The first-order chi connectivity index (χ1) is 13.6. The number of benzene rings is 2. The molecule has 0 aliphatic carbocycles. The number of carbonyl (C=O) groups is 1. The van der Waals surface area contributed by atoms with E-state index in [0.717, 1.165) is 16.7 Å². The summed E-state index contributed by atoms with van der Waals surface area (Å²) in [5.41, 5.74) is 5.25. The molecule has 1 amide bonds. The molecule has 0 aliphatic rings. The molecule has 6 nitrogen and oxygen atoms in total. The first-order valence-corrected chi connectivity index (χ1v) is 8.75. The van der Waals surface area contributed by atoms with Crippen LogP contribution in [0.2, 0.25) is 5.02 Å². The van der Waals surface area contributed by atoms with Crippen LogP contribution in [-0.2, 0) is 0 Å². The fraction of sp³-hybridized carbons (Fsp3) is 0.0952. The van der Waals surface area contributed by atoms with Crippen LogP contribution in [-0.4, -0.2) is 31.3 Å². The van der Waals surface area contributed by atoms with Gasteiger partial charge in [-0.25, -0.2) is 5.43 Å². The SMILES string of the molecule is COc1cc(/C=N/NC(=O)c2cc(-c3ccc(Cl)cc3)ccn2)cc(OC)c1. The van der Waals surface area contributed by atoms with Crippen molar-refractivity contribution in [1.29, 1.82) is 0 Å². The Kier molecular flexibility index (Phi) is 6.24. The number of nitrogens with zero attached hydrogens (tertiary/aromatic N) is 2. The molecule has 0 unspecified atom stereocenters. The summed E-state index contributed by atoms with van der Waals surface area (Å²) in [5.74, 6) is 0.843. The number of hydrogen-bond donors (Lipinski definition) is 1. The quantitative estimate of drug-likeness (QED) is 0.502. The highest BCUT2D eigenvalue weighted by Gasteiger charge is 2.08. The van der Waals surface area contributed by atoms with Crippen molar-refractivity contribution in [2.45, 2.75) is 0 Å². The van der Waals surface area contributed by atoms with E-state index in [4.69, 9.17) is 21.1 Å². The Morgan fingerprint density at radius 1 is 1.00 bits per heavy atom. The van der Waals surface area contributed by atoms with Crippen LogP contribution in [0.25, 0.3) is 11.1 Å². The van der Waals surface area contributed by atoms with E-state index >= 15 is 0 Å². The highest BCUT2D eigenvalue weighted by Crippen LogP contribution is 2.22. The number of ether oxygens (including phenoxy) is 2. The van der Waals surface area contributed by atoms with Gasteiger partial charge in [0.05, 0.1) is 20.4 Å². The predicted octanol–water partition coefficient (Wildman–Crippen LogP) is 4.18. The van der Waals surface area contributed by atoms with Crippen molar-refractivity contribution < 1.29 is 14.3 Å². The first-order valence-electron chi connectivity index (χ1n) is 8.37. The molecule has 1 aromatic heterocycles. The van der Waals surface area contributed by atoms with E-state index in [1.807, 2.05) is 18.2 Å². The van der Waals surface area contributed by atoms with E-state index in [0.29, 0.717) is 16.5 Å². The number of rotatable bonds is 6. The van der Waals surface area contributed by atoms with Gasteiger partial charge in [-0.3, -0.25) is 9.78 Å². The Labute approximate surface area is 167 Å². The van der Waals surface area contributed by atoms with Crippen LogP contribution in [0.1, 0.15) is 16.1 Å². The largest absolute Gasteiger partial charge is 0.497 e. The molecule has 2 aromatic carbocycles. The molecule has 0 spiro atoms. The zero-order valence-electron chi connectivity index (χ0n) is 15.3. The third kappa shape index (κ3) is 4.86. The maximum Gasteiger partial charge on any atom is 0.289 e. The van der Waals surface area contributed by atoms with Crippen LogP contribution >= 0.6 is 11.6 Å². The van der Waals surface area contributed by atoms with Crippen molar-refractivity contribution in [3.8, 4) is 22.6 Å². The molecule has 1 heterocycles. The van der Waals surface area contributed by atoms with E-state index < -0.39 is 5.91 Å². The molecule has 0 aliphatic heterocycles. The molecule has 142 valence electrons. The Hall–Kier alpha value is -3.38. The number of nitrogens with one attached hydrogen (secondary N) is 1. The van der Waals surface area contributed by atoms with Crippen molar-refractivity contribution in [3.63, 3.8) is 0 Å². The number of amides is 1. The van der Waals surface area contributed by atoms with Gasteiger partial charge in [0, 0.05) is 22.8 Å². The third-order valence-corrected chi connectivity index (χ3v) is 4.18. The molecule has 3 rings (SSSR count). The van der Waals surface area contributed by atoms with Crippen LogP contribution in [0.3, 0.4) is 0 Å². The van der Waals surface area contributed by atoms with Gasteiger partial charge < -0.3 is 9.47 Å². The zero-order chi connectivity index (χ0) is 19.9. The second-order valence-electron chi connectivity index (χ2n) is 5.78. The summed E-state index contributed by atoms with van der Waals surface area (Å²) >= 11 is 5.92. The fourth-order valence-corrected chi connectivity index (χ4v) is 2.63. The van der Waals surface area contributed by atoms with Gasteiger partial charge in [0.1, 0.15) is 17.2 Å². The zero-order valence-corrected chi connectivity index (χ0v) is 16.1. The monoisotopic (exact) mass is 395 g/mol. The maximum absolute atomic E-state index is 12.4. The molecule has 0 fully saturated rings. The Balaban J connectivity index is 1.72. The van der Waals surface area contributed by atoms with Gasteiger partial charge in [0.25, 0.3) is 5.91 Å². The summed E-state index contributed by atoms with van der Waals surface area (Å²) in [7, 11) is 3.13. The van der Waals surface area contributed by atoms with Crippen LogP contribution < -0.4 is 14.9 Å². The Morgan fingerprint density at radius 3 is 2.32 bits per heavy atom. The second-order valence-corrected chi connectivity index (χ2v) is 6.22. The van der Waals surface area contributed by atoms with Gasteiger partial charge in [-0.15, -0.1) is 0 Å². The number of pyridine rings is 1. The summed E-state index contributed by atoms with van der Waals surface area (Å²) in [6.45, 7) is 0. The molecule has 1 N–H and O–H groups in total. The van der Waals surface area contributed by atoms with Crippen LogP contribution in [0.4, 0.5) is 0 Å². The first kappa shape index (κ1) is 19.4. The summed E-state index contributed by atoms with van der Waals surface area (Å²) in [5, 5.41) is 4.64. The average molecular weight is 396 g/mol. The van der Waals surface area contributed by atoms with E-state index in [1.54, 1.807) is 56.8 Å². The summed E-state index contributed by atoms with van der Waals surface area (Å²) in [6, 6.07) is 16.2. The van der Waals surface area contributed by atoms with E-state index in [9.17, 15) is 4.79 Å². The normalized spacial score (nSPS) is 10.7. The lowest BCUT2D eigenvalue weighted by Crippen LogP contribution is -2.19. The fourth-order valence-electron chi connectivity index (χ4n) is 2.50. The standard InChI is InChI=1S/C21H18ClN3O3/c1-27-18-9-14(10-19(12-18)28-2)13-24-25-21(26)20-11-16(7-8-23-20)15-3-5-17(22)6-4-15/h3-13H,1-2H3,(H,25,26)/b24-13+. The van der Waals surface area contributed by atoms with Crippen LogP contribution in [0.15, 0.2) is 65.9 Å². The number of halogens is 1. The second kappa shape index (κ2) is 9.01. The van der Waals surface area contributed by atoms with Gasteiger partial charge in [-0.05, 0) is 47.5 Å². The van der Waals surface area contributed by atoms with E-state index in [-0.39, 0.29) is 5.69 Å². The maximum atomic E-state index is 12.4. The topological polar surface area (TPSA) is 72.8 Å². The minimum Gasteiger partial charge on any atom is -0.497 e. The molecule has 0 atom stereocenters. The number of carbonyl (C=O) groups excluding carboxylic acids is 1. The summed E-state index contributed by atoms with van der Waals surface area (Å²) in [4.78, 5) is 16.5. The molecule has 0 radical (unpaired) electrons. The lowest BCUT2D eigenvalue weighted by atomic mass is 10.1. The Bertz CT molecular complexity index is 982. The smallest absolute Gasteiger partial charge is 0.289 e. The predicted molar refractivity (Wildman–Crippen MR) is 109 cm³/mol. The molecule has 0 saturated carbocycles. The van der Waals surface area contributed by atoms with E-state index in [1.165, 1.54) is 6.21 Å². The van der Waals surface area contributed by atoms with Gasteiger partial charge in [-0.1, -0.05) is 23.7 Å². The third-order valence-electron chi connectivity index (χ3n) is 3.92. The van der Waals surface area contributed by atoms with Gasteiger partial charge in [0.15, 0.2) is 0 Å². The molecular weight excluding hydrogens is 378 g/mol. The van der Waals surface area contributed by atoms with Crippen molar-refractivity contribution >= 4 is 23.7 Å². The van der Waals surface area contributed by atoms with Crippen molar-refractivity contribution in [2.75, 3.05) is 14.2 Å². The van der Waals surface area contributed by atoms with Crippen molar-refractivity contribution in [1.82, 2.24) is 10.4 Å². The van der Waals surface area contributed by atoms with Gasteiger partial charge in [-0.2, -0.15) is 5.10 Å². The molecule has 7 heteroatoms. The highest BCUT2D eigenvalue weighted by molar-refractivity contribution is 6.30. The Morgan fingerprint density at radius 2 is 1.68 bits per heavy atom. The molecule has 0 saturated heterocycles. The molecule has 3 aromatic rings. The minimum absolute atomic E-state index is 0.257. The highest BCUT2D eigenvalue weighted by atomic mass is 35.5. The minimum atomic E-state index is -0.415. The molecular formula is C21H18ClN3O3. The lowest BCUT2D eigenvalue weighted by molar-refractivity contribution is 0.0950. The van der Waals surface area contributed by atoms with Gasteiger partial charge >= 0.3 is 0 Å². The summed E-state index contributed by atoms with van der Waals surface area (Å²) in [6.07, 6.45) is 3.08. The average Bonchev–Trinajstić information content (AvgIpc) is 2.74. The number of methoxy groups -OCH3 is 2. The van der Waals surface area contributed by atoms with Gasteiger partial charge in [0.2, 0.25) is 0 Å². The molecule has 28 heavy (non-hydrogen) atoms. The van der Waals surface area contributed by atoms with E-state index in [2.05, 4.69) is 15.5 Å². The van der Waals surface area contributed by atoms with Crippen LogP contribution in [0.5, 0.6) is 11.5 Å². The van der Waals surface area contributed by atoms with Crippen molar-refractivity contribution in [2.24, 2.45) is 5.10 Å². The number of aromatic nitrogens is 1. The lowest BCUT2D eigenvalue weighted by Gasteiger charge is -2.06. The number of hydrogen-bond acceptors (Lipinski definition) is 5. The van der Waals surface area contributed by atoms with Crippen LogP contribution in [0, 0.1) is 0 Å². The number of hydrazone groups is 1. The molecule has 0 bridgehead atoms. The summed E-state index contributed by atoms with van der Waals surface area (Å²) < 4.78 is 10.4.